The normalized spacial score (nSPS) is 11.7. The Morgan fingerprint density at radius 1 is 1.60 bits per heavy atom. The molecule has 0 aromatic carbocycles. The van der Waals surface area contributed by atoms with Gasteiger partial charge in [0.25, 0.3) is 0 Å². The van der Waals surface area contributed by atoms with Crippen LogP contribution in [-0.4, -0.2) is 23.6 Å². The van der Waals surface area contributed by atoms with Gasteiger partial charge >= 0.3 is 5.69 Å². The monoisotopic (exact) mass is 162 g/mol. The summed E-state index contributed by atoms with van der Waals surface area (Å²) in [6.07, 6.45) is 3.39. The maximum atomic E-state index is 10.7. The zero-order valence-electron chi connectivity index (χ0n) is 5.23. The highest BCUT2D eigenvalue weighted by Crippen LogP contribution is 1.84. The third kappa shape index (κ3) is 1.10. The minimum absolute atomic E-state index is 0.632. The van der Waals surface area contributed by atoms with E-state index in [2.05, 4.69) is 4.98 Å². The van der Waals surface area contributed by atoms with E-state index in [9.17, 15) is 13.2 Å². The van der Waals surface area contributed by atoms with Crippen molar-refractivity contribution in [2.24, 2.45) is 0 Å². The molecule has 0 spiro atoms. The zero-order valence-corrected chi connectivity index (χ0v) is 6.05. The summed E-state index contributed by atoms with van der Waals surface area (Å²) in [6, 6.07) is 0. The second kappa shape index (κ2) is 1.98. The number of imidazole rings is 1. The van der Waals surface area contributed by atoms with E-state index in [0.29, 0.717) is 3.97 Å². The van der Waals surface area contributed by atoms with E-state index in [0.717, 1.165) is 12.5 Å². The largest absolute Gasteiger partial charge is 0.339 e. The van der Waals surface area contributed by atoms with Gasteiger partial charge in [0, 0.05) is 12.4 Å². The van der Waals surface area contributed by atoms with Crippen LogP contribution in [0.1, 0.15) is 0 Å². The average Bonchev–Trinajstić information content (AvgIpc) is 2.11. The van der Waals surface area contributed by atoms with Crippen molar-refractivity contribution in [2.45, 2.75) is 0 Å². The number of nitrogens with one attached hydrogen (secondary N) is 1. The summed E-state index contributed by atoms with van der Waals surface area (Å²) >= 11 is 0. The Bertz CT molecular complexity index is 371. The van der Waals surface area contributed by atoms with Gasteiger partial charge in [-0.15, -0.1) is 0 Å². The van der Waals surface area contributed by atoms with Gasteiger partial charge in [-0.3, -0.25) is 0 Å². The van der Waals surface area contributed by atoms with E-state index in [1.807, 2.05) is 0 Å². The molecule has 1 N–H and O–H groups in total. The molecule has 1 rings (SSSR count). The predicted octanol–water partition coefficient (Wildman–Crippen LogP) is -1.02. The Morgan fingerprint density at radius 3 is 2.40 bits per heavy atom. The summed E-state index contributed by atoms with van der Waals surface area (Å²) in [6.45, 7) is 0. The van der Waals surface area contributed by atoms with Gasteiger partial charge in [-0.2, -0.15) is 3.97 Å². The predicted molar refractivity (Wildman–Crippen MR) is 35.3 cm³/mol. The maximum absolute atomic E-state index is 10.7. The van der Waals surface area contributed by atoms with Crippen LogP contribution in [0.4, 0.5) is 0 Å². The molecule has 0 fully saturated rings. The number of aromatic amines is 1. The molecule has 1 aromatic heterocycles. The molecular formula is C4H6N2O3S. The molecule has 1 aromatic rings. The fraction of sp³-hybridized carbons (Fsp3) is 0.250. The summed E-state index contributed by atoms with van der Waals surface area (Å²) in [4.78, 5) is 12.8. The van der Waals surface area contributed by atoms with Gasteiger partial charge in [-0.1, -0.05) is 0 Å². The Balaban J connectivity index is 3.47. The third-order valence-electron chi connectivity index (χ3n) is 0.974. The van der Waals surface area contributed by atoms with E-state index in [4.69, 9.17) is 0 Å². The molecule has 0 aliphatic heterocycles. The number of nitrogens with zero attached hydrogens (tertiary/aromatic N) is 1. The van der Waals surface area contributed by atoms with Gasteiger partial charge in [-0.05, 0) is 0 Å². The van der Waals surface area contributed by atoms with Crippen LogP contribution in [0.3, 0.4) is 0 Å². The molecule has 1 heterocycles. The lowest BCUT2D eigenvalue weighted by Crippen LogP contribution is -2.22. The molecule has 0 saturated heterocycles. The zero-order chi connectivity index (χ0) is 7.78. The summed E-state index contributed by atoms with van der Waals surface area (Å²) in [5.41, 5.74) is -0.637. The molecule has 0 amide bonds. The Labute approximate surface area is 57.4 Å². The highest BCUT2D eigenvalue weighted by Gasteiger charge is 2.05. The molecule has 0 aliphatic rings. The van der Waals surface area contributed by atoms with Crippen molar-refractivity contribution in [1.29, 1.82) is 0 Å². The summed E-state index contributed by atoms with van der Waals surface area (Å²) < 4.78 is 21.9. The van der Waals surface area contributed by atoms with Crippen molar-refractivity contribution in [3.63, 3.8) is 0 Å². The highest BCUT2D eigenvalue weighted by molar-refractivity contribution is 7.89. The standard InChI is InChI=1S/C4H6N2O3S/c1-10(8,9)6-3-2-5-4(6)7/h2-3H,1H3,(H,5,7). The molecule has 0 radical (unpaired) electrons. The van der Waals surface area contributed by atoms with Crippen molar-refractivity contribution in [3.8, 4) is 0 Å². The summed E-state index contributed by atoms with van der Waals surface area (Å²) in [5.74, 6) is 0. The molecule has 0 aliphatic carbocycles. The van der Waals surface area contributed by atoms with Crippen molar-refractivity contribution < 1.29 is 8.42 Å². The SMILES string of the molecule is CS(=O)(=O)n1cc[nH]c1=O. The number of rotatable bonds is 1. The Hall–Kier alpha value is -1.04. The number of hydrogen-bond acceptors (Lipinski definition) is 3. The van der Waals surface area contributed by atoms with Crippen LogP contribution in [0, 0.1) is 0 Å². The lowest BCUT2D eigenvalue weighted by atomic mass is 11.0. The van der Waals surface area contributed by atoms with Crippen LogP contribution in [0.25, 0.3) is 0 Å². The topological polar surface area (TPSA) is 71.9 Å². The first-order chi connectivity index (χ1) is 4.52. The molecule has 56 valence electrons. The van der Waals surface area contributed by atoms with Crippen LogP contribution in [-0.2, 0) is 10.0 Å². The molecule has 0 unspecified atom stereocenters. The first-order valence-corrected chi connectivity index (χ1v) is 4.33. The van der Waals surface area contributed by atoms with Crippen molar-refractivity contribution in [1.82, 2.24) is 8.96 Å². The highest BCUT2D eigenvalue weighted by atomic mass is 32.2. The molecule has 0 bridgehead atoms. The number of aromatic nitrogens is 2. The summed E-state index contributed by atoms with van der Waals surface area (Å²) in [7, 11) is -3.42. The van der Waals surface area contributed by atoms with Gasteiger partial charge < -0.3 is 4.98 Å². The van der Waals surface area contributed by atoms with Crippen molar-refractivity contribution in [2.75, 3.05) is 6.26 Å². The van der Waals surface area contributed by atoms with Gasteiger partial charge in [0.2, 0.25) is 10.0 Å². The van der Waals surface area contributed by atoms with Crippen LogP contribution >= 0.6 is 0 Å². The fourth-order valence-corrected chi connectivity index (χ4v) is 1.20. The van der Waals surface area contributed by atoms with Crippen LogP contribution in [0.15, 0.2) is 17.2 Å². The Morgan fingerprint density at radius 2 is 2.20 bits per heavy atom. The fourth-order valence-electron chi connectivity index (χ4n) is 0.569. The number of H-pyrrole nitrogens is 1. The van der Waals surface area contributed by atoms with Gasteiger partial charge in [0.15, 0.2) is 0 Å². The van der Waals surface area contributed by atoms with E-state index in [-0.39, 0.29) is 0 Å². The van der Waals surface area contributed by atoms with Crippen LogP contribution in [0.2, 0.25) is 0 Å². The smallest absolute Gasteiger partial charge is 0.312 e. The number of hydrogen-bond donors (Lipinski definition) is 1. The van der Waals surface area contributed by atoms with Gasteiger partial charge in [0.1, 0.15) is 0 Å². The lowest BCUT2D eigenvalue weighted by molar-refractivity contribution is 0.591. The molecule has 0 atom stereocenters. The van der Waals surface area contributed by atoms with Crippen LogP contribution in [0.5, 0.6) is 0 Å². The lowest BCUT2D eigenvalue weighted by Gasteiger charge is -1.92. The van der Waals surface area contributed by atoms with E-state index < -0.39 is 15.7 Å². The molecule has 5 nitrogen and oxygen atoms in total. The average molecular weight is 162 g/mol. The third-order valence-corrected chi connectivity index (χ3v) is 1.98. The molecular weight excluding hydrogens is 156 g/mol. The Kier molecular flexibility index (Phi) is 1.40. The second-order valence-electron chi connectivity index (χ2n) is 1.82. The van der Waals surface area contributed by atoms with Gasteiger partial charge in [0.05, 0.1) is 6.26 Å². The van der Waals surface area contributed by atoms with Crippen LogP contribution < -0.4 is 5.69 Å². The molecule has 0 saturated carbocycles. The van der Waals surface area contributed by atoms with E-state index >= 15 is 0 Å². The quantitative estimate of drug-likeness (QED) is 0.574. The molecule has 10 heavy (non-hydrogen) atoms. The minimum Gasteiger partial charge on any atom is -0.312 e. The summed E-state index contributed by atoms with van der Waals surface area (Å²) in [5, 5.41) is 0. The van der Waals surface area contributed by atoms with Gasteiger partial charge in [-0.25, -0.2) is 13.2 Å². The minimum atomic E-state index is -3.42. The maximum Gasteiger partial charge on any atom is 0.339 e. The van der Waals surface area contributed by atoms with E-state index in [1.165, 1.54) is 6.20 Å². The van der Waals surface area contributed by atoms with E-state index in [1.54, 1.807) is 0 Å². The van der Waals surface area contributed by atoms with Crippen molar-refractivity contribution >= 4 is 10.0 Å². The first kappa shape index (κ1) is 7.07. The van der Waals surface area contributed by atoms with Crippen molar-refractivity contribution in [3.05, 3.63) is 22.9 Å². The first-order valence-electron chi connectivity index (χ1n) is 2.48. The second-order valence-corrected chi connectivity index (χ2v) is 3.68. The molecule has 6 heteroatoms.